The van der Waals surface area contributed by atoms with Crippen LogP contribution in [0.15, 0.2) is 91.0 Å². The molecule has 5 rings (SSSR count). The van der Waals surface area contributed by atoms with E-state index in [1.807, 2.05) is 37.3 Å². The minimum atomic E-state index is -0.879. The molecule has 0 bridgehead atoms. The first-order chi connectivity index (χ1) is 17.8. The quantitative estimate of drug-likeness (QED) is 0.199. The number of urea groups is 1. The first-order valence-corrected chi connectivity index (χ1v) is 11.3. The maximum atomic E-state index is 13.8. The van der Waals surface area contributed by atoms with Crippen LogP contribution < -0.4 is 16.4 Å². The summed E-state index contributed by atoms with van der Waals surface area (Å²) in [5, 5.41) is 21.4. The second kappa shape index (κ2) is 11.0. The summed E-state index contributed by atoms with van der Waals surface area (Å²) in [6, 6.07) is 25.4. The molecule has 0 aliphatic heterocycles. The molecule has 9 heteroatoms. The Kier molecular flexibility index (Phi) is 7.44. The zero-order chi connectivity index (χ0) is 26.4. The molecule has 0 aliphatic carbocycles. The van der Waals surface area contributed by atoms with E-state index in [4.69, 9.17) is 10.8 Å². The number of fused-ring (bicyclic) bond motifs is 1. The van der Waals surface area contributed by atoms with Gasteiger partial charge in [0, 0.05) is 5.69 Å². The van der Waals surface area contributed by atoms with Gasteiger partial charge in [-0.3, -0.25) is 5.10 Å². The number of aromatic carboxylic acids is 1. The number of hydrogen-bond acceptors (Lipinski definition) is 4. The second-order valence-electron chi connectivity index (χ2n) is 8.15. The lowest BCUT2D eigenvalue weighted by Crippen LogP contribution is -2.20. The fourth-order valence-corrected chi connectivity index (χ4v) is 3.67. The number of carbonyl (C=O) groups is 2. The van der Waals surface area contributed by atoms with Gasteiger partial charge in [0.25, 0.3) is 0 Å². The van der Waals surface area contributed by atoms with Gasteiger partial charge in [-0.1, -0.05) is 48.5 Å². The molecule has 0 saturated heterocycles. The van der Waals surface area contributed by atoms with Crippen LogP contribution in [0, 0.1) is 12.7 Å². The monoisotopic (exact) mass is 497 g/mol. The van der Waals surface area contributed by atoms with Gasteiger partial charge >= 0.3 is 12.0 Å². The molecular weight excluding hydrogens is 473 g/mol. The highest BCUT2D eigenvalue weighted by atomic mass is 19.1. The van der Waals surface area contributed by atoms with Crippen molar-refractivity contribution < 1.29 is 19.1 Å². The molecule has 0 spiro atoms. The molecule has 0 radical (unpaired) electrons. The third-order valence-electron chi connectivity index (χ3n) is 5.46. The predicted octanol–water partition coefficient (Wildman–Crippen LogP) is 6.29. The van der Waals surface area contributed by atoms with Gasteiger partial charge in [-0.2, -0.15) is 5.10 Å². The summed E-state index contributed by atoms with van der Waals surface area (Å²) in [7, 11) is 0. The summed E-state index contributed by atoms with van der Waals surface area (Å²) >= 11 is 0. The summed E-state index contributed by atoms with van der Waals surface area (Å²) in [6.45, 7) is 1.83. The molecule has 0 aliphatic rings. The molecular formula is C28H24FN5O3. The van der Waals surface area contributed by atoms with E-state index >= 15 is 0 Å². The highest BCUT2D eigenvalue weighted by Gasteiger charge is 2.11. The number of rotatable bonds is 4. The molecule has 4 aromatic carbocycles. The minimum Gasteiger partial charge on any atom is -0.478 e. The van der Waals surface area contributed by atoms with Crippen LogP contribution >= 0.6 is 0 Å². The van der Waals surface area contributed by atoms with E-state index in [9.17, 15) is 14.0 Å². The Morgan fingerprint density at radius 2 is 1.65 bits per heavy atom. The zero-order valence-electron chi connectivity index (χ0n) is 19.8. The van der Waals surface area contributed by atoms with Crippen LogP contribution in [0.4, 0.5) is 26.4 Å². The fraction of sp³-hybridized carbons (Fsp3) is 0.0357. The Morgan fingerprint density at radius 1 is 0.919 bits per heavy atom. The fourth-order valence-electron chi connectivity index (χ4n) is 3.67. The van der Waals surface area contributed by atoms with E-state index < -0.39 is 17.8 Å². The number of amides is 2. The number of halogens is 1. The van der Waals surface area contributed by atoms with Crippen LogP contribution in [0.1, 0.15) is 15.9 Å². The number of nitrogens with zero attached hydrogens (tertiary/aromatic N) is 1. The van der Waals surface area contributed by atoms with E-state index in [2.05, 4.69) is 20.8 Å². The standard InChI is InChI=1S/C21H18FN5O.C7H6O2/c1-12-5-10-16(22)18(11-12)25-21(28)24-14-8-6-13(7-9-14)15-3-2-4-17-19(15)20(23)27-26-17;8-7(9)6-4-2-1-3-5-6/h2-11H,1H3,(H3,23,26,27)(H2,24,25,28);1-5H,(H,8,9). The van der Waals surface area contributed by atoms with Crippen LogP contribution in [0.25, 0.3) is 22.0 Å². The van der Waals surface area contributed by atoms with E-state index in [0.29, 0.717) is 17.1 Å². The Hall–Kier alpha value is -5.18. The number of hydrogen-bond donors (Lipinski definition) is 5. The Balaban J connectivity index is 0.000000301. The second-order valence-corrected chi connectivity index (χ2v) is 8.15. The number of aryl methyl sites for hydroxylation is 1. The number of carboxylic acid groups (broad SMARTS) is 1. The molecule has 0 atom stereocenters. The highest BCUT2D eigenvalue weighted by Crippen LogP contribution is 2.31. The summed E-state index contributed by atoms with van der Waals surface area (Å²) in [4.78, 5) is 22.4. The number of nitrogen functional groups attached to an aromatic ring is 1. The summed E-state index contributed by atoms with van der Waals surface area (Å²) in [5.41, 5.74) is 10.6. The molecule has 5 aromatic rings. The number of H-pyrrole nitrogens is 1. The largest absolute Gasteiger partial charge is 0.478 e. The van der Waals surface area contributed by atoms with Crippen LogP contribution in [-0.4, -0.2) is 27.3 Å². The van der Waals surface area contributed by atoms with Crippen molar-refractivity contribution in [2.24, 2.45) is 0 Å². The molecule has 2 amide bonds. The highest BCUT2D eigenvalue weighted by molar-refractivity contribution is 6.02. The molecule has 0 saturated carbocycles. The van der Waals surface area contributed by atoms with Crippen molar-refractivity contribution in [3.05, 3.63) is 108 Å². The number of carbonyl (C=O) groups excluding carboxylic acids is 1. The number of aromatic nitrogens is 2. The number of benzene rings is 4. The average Bonchev–Trinajstić information content (AvgIpc) is 3.28. The van der Waals surface area contributed by atoms with Crippen molar-refractivity contribution in [1.29, 1.82) is 0 Å². The lowest BCUT2D eigenvalue weighted by Gasteiger charge is -2.10. The molecule has 0 unspecified atom stereocenters. The summed E-state index contributed by atoms with van der Waals surface area (Å²) in [5.74, 6) is -0.926. The molecule has 1 aromatic heterocycles. The molecule has 1 heterocycles. The maximum absolute atomic E-state index is 13.8. The Bertz CT molecular complexity index is 1550. The maximum Gasteiger partial charge on any atom is 0.335 e. The average molecular weight is 498 g/mol. The van der Waals surface area contributed by atoms with Crippen molar-refractivity contribution in [2.75, 3.05) is 16.4 Å². The van der Waals surface area contributed by atoms with E-state index in [0.717, 1.165) is 27.6 Å². The van der Waals surface area contributed by atoms with Crippen LogP contribution in [-0.2, 0) is 0 Å². The first kappa shape index (κ1) is 24.9. The van der Waals surface area contributed by atoms with Crippen molar-refractivity contribution in [1.82, 2.24) is 10.2 Å². The summed E-state index contributed by atoms with van der Waals surface area (Å²) < 4.78 is 13.8. The summed E-state index contributed by atoms with van der Waals surface area (Å²) in [6.07, 6.45) is 0. The van der Waals surface area contributed by atoms with Gasteiger partial charge in [0.15, 0.2) is 5.82 Å². The number of carboxylic acids is 1. The third-order valence-corrected chi connectivity index (χ3v) is 5.46. The SMILES string of the molecule is Cc1ccc(F)c(NC(=O)Nc2ccc(-c3cccc4[nH]nc(N)c34)cc2)c1.O=C(O)c1ccccc1. The van der Waals surface area contributed by atoms with Crippen LogP contribution in [0.3, 0.4) is 0 Å². The van der Waals surface area contributed by atoms with Crippen LogP contribution in [0.2, 0.25) is 0 Å². The first-order valence-electron chi connectivity index (χ1n) is 11.3. The molecule has 186 valence electrons. The van der Waals surface area contributed by atoms with E-state index in [1.165, 1.54) is 6.07 Å². The van der Waals surface area contributed by atoms with Crippen molar-refractivity contribution in [3.63, 3.8) is 0 Å². The third kappa shape index (κ3) is 6.09. The molecule has 6 N–H and O–H groups in total. The Labute approximate surface area is 212 Å². The van der Waals surface area contributed by atoms with Gasteiger partial charge in [0.05, 0.1) is 22.2 Å². The topological polar surface area (TPSA) is 133 Å². The van der Waals surface area contributed by atoms with Crippen LogP contribution in [0.5, 0.6) is 0 Å². The number of anilines is 3. The van der Waals surface area contributed by atoms with Gasteiger partial charge < -0.3 is 21.5 Å². The zero-order valence-corrected chi connectivity index (χ0v) is 19.8. The van der Waals surface area contributed by atoms with Crippen molar-refractivity contribution in [2.45, 2.75) is 6.92 Å². The number of nitrogens with two attached hydrogens (primary N) is 1. The van der Waals surface area contributed by atoms with Gasteiger partial charge in [0.2, 0.25) is 0 Å². The number of aromatic amines is 1. The van der Waals surface area contributed by atoms with E-state index in [-0.39, 0.29) is 5.69 Å². The smallest absolute Gasteiger partial charge is 0.335 e. The van der Waals surface area contributed by atoms with Gasteiger partial charge in [0.1, 0.15) is 5.82 Å². The van der Waals surface area contributed by atoms with E-state index in [1.54, 1.807) is 54.6 Å². The van der Waals surface area contributed by atoms with Crippen molar-refractivity contribution in [3.8, 4) is 11.1 Å². The van der Waals surface area contributed by atoms with Gasteiger partial charge in [-0.05, 0) is 66.1 Å². The minimum absolute atomic E-state index is 0.135. The van der Waals surface area contributed by atoms with Crippen molar-refractivity contribution >= 4 is 40.1 Å². The lowest BCUT2D eigenvalue weighted by atomic mass is 10.0. The van der Waals surface area contributed by atoms with Gasteiger partial charge in [-0.15, -0.1) is 0 Å². The number of nitrogens with one attached hydrogen (secondary N) is 3. The normalized spacial score (nSPS) is 10.3. The Morgan fingerprint density at radius 3 is 2.32 bits per heavy atom. The molecule has 8 nitrogen and oxygen atoms in total. The predicted molar refractivity (Wildman–Crippen MR) is 143 cm³/mol. The lowest BCUT2D eigenvalue weighted by molar-refractivity contribution is 0.0697. The van der Waals surface area contributed by atoms with Gasteiger partial charge in [-0.25, -0.2) is 14.0 Å². The molecule has 37 heavy (non-hydrogen) atoms. The molecule has 0 fully saturated rings.